The minimum atomic E-state index is -0.491. The van der Waals surface area contributed by atoms with E-state index < -0.39 is 5.91 Å². The third-order valence-corrected chi connectivity index (χ3v) is 2.41. The van der Waals surface area contributed by atoms with E-state index in [0.717, 1.165) is 5.75 Å². The Kier molecular flexibility index (Phi) is 6.29. The van der Waals surface area contributed by atoms with Crippen molar-refractivity contribution in [1.29, 1.82) is 0 Å². The second kappa shape index (κ2) is 7.99. The van der Waals surface area contributed by atoms with Crippen molar-refractivity contribution in [3.05, 3.63) is 36.1 Å². The predicted molar refractivity (Wildman–Crippen MR) is 76.6 cm³/mol. The molecule has 5 heteroatoms. The molecular weight excluding hydrogens is 258 g/mol. The lowest BCUT2D eigenvalue weighted by Crippen LogP contribution is -2.19. The van der Waals surface area contributed by atoms with Crippen molar-refractivity contribution < 1.29 is 19.1 Å². The standard InChI is InChI=1S/C15H19NO4/c1-4-19-10-14(11(3)17)15(18)16-12-6-8-13(9-7-12)20-5-2/h6-10H,4-5H2,1-3H3,(H,16,18)/b14-10+. The van der Waals surface area contributed by atoms with Crippen molar-refractivity contribution in [2.24, 2.45) is 0 Å². The summed E-state index contributed by atoms with van der Waals surface area (Å²) >= 11 is 0. The van der Waals surface area contributed by atoms with Crippen molar-refractivity contribution in [1.82, 2.24) is 0 Å². The molecule has 0 aliphatic carbocycles. The molecule has 0 atom stereocenters. The molecule has 0 radical (unpaired) electrons. The Morgan fingerprint density at radius 3 is 2.30 bits per heavy atom. The van der Waals surface area contributed by atoms with Gasteiger partial charge in [-0.2, -0.15) is 0 Å². The highest BCUT2D eigenvalue weighted by Crippen LogP contribution is 2.16. The smallest absolute Gasteiger partial charge is 0.262 e. The fraction of sp³-hybridized carbons (Fsp3) is 0.333. The zero-order valence-electron chi connectivity index (χ0n) is 11.9. The monoisotopic (exact) mass is 277 g/mol. The topological polar surface area (TPSA) is 64.6 Å². The number of Topliss-reactive ketones (excluding diaryl/α,β-unsaturated/α-hetero) is 1. The molecule has 0 unspecified atom stereocenters. The minimum Gasteiger partial charge on any atom is -0.501 e. The summed E-state index contributed by atoms with van der Waals surface area (Å²) in [4.78, 5) is 23.4. The molecule has 0 spiro atoms. The number of carbonyl (C=O) groups is 2. The van der Waals surface area contributed by atoms with Gasteiger partial charge in [-0.1, -0.05) is 0 Å². The Bertz CT molecular complexity index is 491. The number of benzene rings is 1. The number of ether oxygens (including phenoxy) is 2. The average Bonchev–Trinajstić information content (AvgIpc) is 2.41. The molecule has 20 heavy (non-hydrogen) atoms. The van der Waals surface area contributed by atoms with Crippen LogP contribution >= 0.6 is 0 Å². The average molecular weight is 277 g/mol. The first-order valence-corrected chi connectivity index (χ1v) is 6.45. The maximum Gasteiger partial charge on any atom is 0.262 e. The van der Waals surface area contributed by atoms with E-state index in [1.165, 1.54) is 13.2 Å². The summed E-state index contributed by atoms with van der Waals surface area (Å²) < 4.78 is 10.3. The van der Waals surface area contributed by atoms with Crippen molar-refractivity contribution in [3.8, 4) is 5.75 Å². The van der Waals surface area contributed by atoms with E-state index in [-0.39, 0.29) is 11.4 Å². The van der Waals surface area contributed by atoms with Crippen LogP contribution in [0.2, 0.25) is 0 Å². The quantitative estimate of drug-likeness (QED) is 0.360. The van der Waals surface area contributed by atoms with Gasteiger partial charge in [-0.25, -0.2) is 0 Å². The van der Waals surface area contributed by atoms with Crippen molar-refractivity contribution in [3.63, 3.8) is 0 Å². The predicted octanol–water partition coefficient (Wildman–Crippen LogP) is 2.53. The van der Waals surface area contributed by atoms with Crippen LogP contribution < -0.4 is 10.1 Å². The first-order chi connectivity index (χ1) is 9.58. The molecule has 0 aliphatic heterocycles. The van der Waals surface area contributed by atoms with E-state index in [1.807, 2.05) is 6.92 Å². The summed E-state index contributed by atoms with van der Waals surface area (Å²) in [7, 11) is 0. The third kappa shape index (κ3) is 4.76. The summed E-state index contributed by atoms with van der Waals surface area (Å²) in [6.45, 7) is 5.97. The number of rotatable bonds is 7. The van der Waals surface area contributed by atoms with Gasteiger partial charge in [0.1, 0.15) is 11.3 Å². The van der Waals surface area contributed by atoms with Gasteiger partial charge in [-0.15, -0.1) is 0 Å². The molecule has 1 aromatic rings. The Balaban J connectivity index is 2.75. The van der Waals surface area contributed by atoms with E-state index >= 15 is 0 Å². The largest absolute Gasteiger partial charge is 0.501 e. The fourth-order valence-corrected chi connectivity index (χ4v) is 1.46. The highest BCUT2D eigenvalue weighted by molar-refractivity contribution is 6.22. The number of carbonyl (C=O) groups excluding carboxylic acids is 2. The molecule has 0 saturated carbocycles. The van der Waals surface area contributed by atoms with Crippen LogP contribution in [0.1, 0.15) is 20.8 Å². The molecule has 0 heterocycles. The zero-order valence-corrected chi connectivity index (χ0v) is 11.9. The van der Waals surface area contributed by atoms with Crippen LogP contribution in [-0.4, -0.2) is 24.9 Å². The molecule has 1 aromatic carbocycles. The molecule has 1 amide bonds. The van der Waals surface area contributed by atoms with Crippen molar-refractivity contribution >= 4 is 17.4 Å². The number of ketones is 1. The molecule has 0 aliphatic rings. The van der Waals surface area contributed by atoms with E-state index in [4.69, 9.17) is 9.47 Å². The number of anilines is 1. The molecule has 108 valence electrons. The van der Waals surface area contributed by atoms with Crippen LogP contribution in [0.15, 0.2) is 36.1 Å². The lowest BCUT2D eigenvalue weighted by Gasteiger charge is -2.08. The maximum absolute atomic E-state index is 12.0. The second-order valence-corrected chi connectivity index (χ2v) is 3.95. The van der Waals surface area contributed by atoms with E-state index in [2.05, 4.69) is 5.32 Å². The number of nitrogens with one attached hydrogen (secondary N) is 1. The van der Waals surface area contributed by atoms with Gasteiger partial charge in [0, 0.05) is 5.69 Å². The molecule has 5 nitrogen and oxygen atoms in total. The molecule has 0 bridgehead atoms. The van der Waals surface area contributed by atoms with Gasteiger partial charge in [0.25, 0.3) is 5.91 Å². The normalized spacial score (nSPS) is 10.8. The lowest BCUT2D eigenvalue weighted by molar-refractivity contribution is -0.119. The van der Waals surface area contributed by atoms with Gasteiger partial charge in [0.2, 0.25) is 0 Å². The summed E-state index contributed by atoms with van der Waals surface area (Å²) in [5.74, 6) is -0.112. The first kappa shape index (κ1) is 15.8. The first-order valence-electron chi connectivity index (χ1n) is 6.45. The Hall–Kier alpha value is -2.30. The third-order valence-electron chi connectivity index (χ3n) is 2.41. The van der Waals surface area contributed by atoms with Crippen molar-refractivity contribution in [2.45, 2.75) is 20.8 Å². The summed E-state index contributed by atoms with van der Waals surface area (Å²) in [5, 5.41) is 2.64. The van der Waals surface area contributed by atoms with Crippen LogP contribution in [0.25, 0.3) is 0 Å². The summed E-state index contributed by atoms with van der Waals surface area (Å²) in [5.41, 5.74) is 0.572. The van der Waals surface area contributed by atoms with E-state index in [9.17, 15) is 9.59 Å². The van der Waals surface area contributed by atoms with Gasteiger partial charge in [-0.3, -0.25) is 9.59 Å². The van der Waals surface area contributed by atoms with Gasteiger partial charge < -0.3 is 14.8 Å². The van der Waals surface area contributed by atoms with E-state index in [1.54, 1.807) is 31.2 Å². The van der Waals surface area contributed by atoms with Gasteiger partial charge in [0.05, 0.1) is 19.5 Å². The van der Waals surface area contributed by atoms with Crippen LogP contribution in [0.5, 0.6) is 5.75 Å². The maximum atomic E-state index is 12.0. The summed E-state index contributed by atoms with van der Waals surface area (Å²) in [6.07, 6.45) is 1.19. The van der Waals surface area contributed by atoms with Crippen molar-refractivity contribution in [2.75, 3.05) is 18.5 Å². The van der Waals surface area contributed by atoms with E-state index in [0.29, 0.717) is 18.9 Å². The lowest BCUT2D eigenvalue weighted by atomic mass is 10.2. The van der Waals surface area contributed by atoms with Crippen LogP contribution in [0, 0.1) is 0 Å². The van der Waals surface area contributed by atoms with Crippen LogP contribution in [0.4, 0.5) is 5.69 Å². The van der Waals surface area contributed by atoms with Gasteiger partial charge >= 0.3 is 0 Å². The molecule has 0 aromatic heterocycles. The second-order valence-electron chi connectivity index (χ2n) is 3.95. The number of amides is 1. The fourth-order valence-electron chi connectivity index (χ4n) is 1.46. The van der Waals surface area contributed by atoms with Crippen LogP contribution in [0.3, 0.4) is 0 Å². The van der Waals surface area contributed by atoms with Gasteiger partial charge in [-0.05, 0) is 45.0 Å². The highest BCUT2D eigenvalue weighted by atomic mass is 16.5. The highest BCUT2D eigenvalue weighted by Gasteiger charge is 2.15. The number of hydrogen-bond acceptors (Lipinski definition) is 4. The number of hydrogen-bond donors (Lipinski definition) is 1. The Labute approximate surface area is 118 Å². The van der Waals surface area contributed by atoms with Crippen LogP contribution in [-0.2, 0) is 14.3 Å². The molecule has 1 rings (SSSR count). The zero-order chi connectivity index (χ0) is 15.0. The molecular formula is C15H19NO4. The molecule has 0 saturated heterocycles. The SMILES string of the molecule is CCO/C=C(\C(C)=O)C(=O)Nc1ccc(OCC)cc1. The Morgan fingerprint density at radius 1 is 1.15 bits per heavy atom. The molecule has 1 N–H and O–H groups in total. The minimum absolute atomic E-state index is 0.0132. The Morgan fingerprint density at radius 2 is 1.80 bits per heavy atom. The summed E-state index contributed by atoms with van der Waals surface area (Å²) in [6, 6.07) is 6.92. The molecule has 0 fully saturated rings. The van der Waals surface area contributed by atoms with Gasteiger partial charge in [0.15, 0.2) is 5.78 Å².